The molecule has 1 aromatic carbocycles. The van der Waals surface area contributed by atoms with E-state index in [2.05, 4.69) is 4.98 Å². The minimum Gasteiger partial charge on any atom is -0.369 e. The highest BCUT2D eigenvalue weighted by molar-refractivity contribution is 7.89. The fraction of sp³-hybridized carbons (Fsp3) is 0.357. The van der Waals surface area contributed by atoms with Crippen LogP contribution in [0.5, 0.6) is 0 Å². The van der Waals surface area contributed by atoms with E-state index in [1.54, 1.807) is 17.7 Å². The van der Waals surface area contributed by atoms with Crippen LogP contribution in [0.2, 0.25) is 0 Å². The van der Waals surface area contributed by atoms with Gasteiger partial charge >= 0.3 is 0 Å². The highest BCUT2D eigenvalue weighted by atomic mass is 32.2. The van der Waals surface area contributed by atoms with Gasteiger partial charge in [0.25, 0.3) is 10.0 Å². The molecule has 0 unspecified atom stereocenters. The van der Waals surface area contributed by atoms with Crippen molar-refractivity contribution in [2.45, 2.75) is 5.03 Å². The second kappa shape index (κ2) is 5.69. The topological polar surface area (TPSA) is 58.4 Å². The molecule has 8 heteroatoms. The predicted octanol–water partition coefficient (Wildman–Crippen LogP) is 1.07. The molecule has 0 amide bonds. The number of imidazole rings is 1. The van der Waals surface area contributed by atoms with Crippen LogP contribution in [0.25, 0.3) is 0 Å². The van der Waals surface area contributed by atoms with Crippen LogP contribution in [0.4, 0.5) is 10.1 Å². The van der Waals surface area contributed by atoms with Crippen LogP contribution in [0.1, 0.15) is 0 Å². The summed E-state index contributed by atoms with van der Waals surface area (Å²) in [6.07, 6.45) is 2.96. The number of hydrogen-bond acceptors (Lipinski definition) is 4. The van der Waals surface area contributed by atoms with Crippen LogP contribution >= 0.6 is 0 Å². The molecule has 1 saturated heterocycles. The molecule has 0 bridgehead atoms. The molecule has 0 atom stereocenters. The van der Waals surface area contributed by atoms with Gasteiger partial charge in [-0.15, -0.1) is 0 Å². The van der Waals surface area contributed by atoms with Gasteiger partial charge in [-0.2, -0.15) is 4.31 Å². The Kier molecular flexibility index (Phi) is 3.88. The molecule has 0 radical (unpaired) electrons. The number of sulfonamides is 1. The first kappa shape index (κ1) is 15.0. The largest absolute Gasteiger partial charge is 0.369 e. The number of anilines is 1. The summed E-state index contributed by atoms with van der Waals surface area (Å²) in [5, 5.41) is 0.0641. The van der Waals surface area contributed by atoms with Gasteiger partial charge < -0.3 is 9.47 Å². The monoisotopic (exact) mass is 324 g/mol. The maximum atomic E-state index is 13.3. The van der Waals surface area contributed by atoms with Gasteiger partial charge in [-0.1, -0.05) is 6.07 Å². The Bertz CT molecular complexity index is 767. The molecule has 3 rings (SSSR count). The van der Waals surface area contributed by atoms with Gasteiger partial charge in [0, 0.05) is 45.1 Å². The Labute approximate surface area is 128 Å². The molecule has 118 valence electrons. The fourth-order valence-electron chi connectivity index (χ4n) is 2.51. The quantitative estimate of drug-likeness (QED) is 0.847. The van der Waals surface area contributed by atoms with Gasteiger partial charge in [-0.25, -0.2) is 17.8 Å². The summed E-state index contributed by atoms with van der Waals surface area (Å²) in [5.41, 5.74) is 0.773. The lowest BCUT2D eigenvalue weighted by Gasteiger charge is -2.35. The van der Waals surface area contributed by atoms with E-state index in [4.69, 9.17) is 0 Å². The maximum Gasteiger partial charge on any atom is 0.262 e. The lowest BCUT2D eigenvalue weighted by molar-refractivity contribution is 0.383. The van der Waals surface area contributed by atoms with Gasteiger partial charge in [0.1, 0.15) is 5.82 Å². The first-order chi connectivity index (χ1) is 10.5. The second-order valence-corrected chi connectivity index (χ2v) is 7.13. The zero-order valence-electron chi connectivity index (χ0n) is 12.2. The van der Waals surface area contributed by atoms with Crippen molar-refractivity contribution in [3.8, 4) is 0 Å². The van der Waals surface area contributed by atoms with Crippen molar-refractivity contribution in [3.05, 3.63) is 42.6 Å². The van der Waals surface area contributed by atoms with Gasteiger partial charge in [0.15, 0.2) is 5.03 Å². The predicted molar refractivity (Wildman–Crippen MR) is 80.6 cm³/mol. The van der Waals surface area contributed by atoms with Crippen LogP contribution < -0.4 is 4.90 Å². The summed E-state index contributed by atoms with van der Waals surface area (Å²) >= 11 is 0. The second-order valence-electron chi connectivity index (χ2n) is 5.25. The summed E-state index contributed by atoms with van der Waals surface area (Å²) in [4.78, 5) is 5.90. The number of halogens is 1. The highest BCUT2D eigenvalue weighted by Gasteiger charge is 2.30. The molecular formula is C14H17FN4O2S. The highest BCUT2D eigenvalue weighted by Crippen LogP contribution is 2.20. The number of piperazine rings is 1. The smallest absolute Gasteiger partial charge is 0.262 e. The maximum absolute atomic E-state index is 13.3. The molecule has 1 aromatic heterocycles. The van der Waals surface area contributed by atoms with E-state index in [0.29, 0.717) is 26.2 Å². The zero-order chi connectivity index (χ0) is 15.7. The third-order valence-corrected chi connectivity index (χ3v) is 5.48. The Morgan fingerprint density at radius 2 is 1.91 bits per heavy atom. The normalized spacial score (nSPS) is 16.9. The number of aryl methyl sites for hydroxylation is 1. The molecule has 2 heterocycles. The molecule has 1 fully saturated rings. The van der Waals surface area contributed by atoms with Crippen molar-refractivity contribution in [3.63, 3.8) is 0 Å². The van der Waals surface area contributed by atoms with Crippen molar-refractivity contribution in [2.75, 3.05) is 31.1 Å². The Morgan fingerprint density at radius 1 is 1.18 bits per heavy atom. The van der Waals surface area contributed by atoms with E-state index >= 15 is 0 Å². The Morgan fingerprint density at radius 3 is 2.50 bits per heavy atom. The molecule has 0 aliphatic carbocycles. The van der Waals surface area contributed by atoms with Crippen molar-refractivity contribution in [2.24, 2.45) is 7.05 Å². The van der Waals surface area contributed by atoms with E-state index in [9.17, 15) is 12.8 Å². The molecule has 1 aliphatic heterocycles. The Balaban J connectivity index is 1.72. The number of hydrogen-bond donors (Lipinski definition) is 0. The van der Waals surface area contributed by atoms with Crippen LogP contribution in [0, 0.1) is 5.82 Å². The molecule has 1 aliphatic rings. The number of nitrogens with zero attached hydrogens (tertiary/aromatic N) is 4. The third-order valence-electron chi connectivity index (χ3n) is 3.70. The van der Waals surface area contributed by atoms with Gasteiger partial charge in [-0.3, -0.25) is 0 Å². The lowest BCUT2D eigenvalue weighted by Crippen LogP contribution is -2.48. The molecule has 0 N–H and O–H groups in total. The van der Waals surface area contributed by atoms with Crippen LogP contribution in [-0.2, 0) is 17.1 Å². The van der Waals surface area contributed by atoms with Crippen molar-refractivity contribution < 1.29 is 12.8 Å². The molecular weight excluding hydrogens is 307 g/mol. The molecule has 0 spiro atoms. The summed E-state index contributed by atoms with van der Waals surface area (Å²) in [5.74, 6) is -0.291. The van der Waals surface area contributed by atoms with Crippen LogP contribution in [0.15, 0.2) is 41.8 Å². The number of aromatic nitrogens is 2. The summed E-state index contributed by atoms with van der Waals surface area (Å²) in [6.45, 7) is 1.76. The minimum absolute atomic E-state index is 0.0641. The molecule has 2 aromatic rings. The van der Waals surface area contributed by atoms with E-state index in [1.807, 2.05) is 11.0 Å². The van der Waals surface area contributed by atoms with Crippen molar-refractivity contribution >= 4 is 15.7 Å². The minimum atomic E-state index is -3.55. The lowest BCUT2D eigenvalue weighted by atomic mass is 10.2. The standard InChI is InChI=1S/C14H17FN4O2S/c1-17-10-14(16-11-17)22(20,21)19-7-5-18(6-8-19)13-4-2-3-12(15)9-13/h2-4,9-11H,5-8H2,1H3. The van der Waals surface area contributed by atoms with Crippen molar-refractivity contribution in [1.82, 2.24) is 13.9 Å². The summed E-state index contributed by atoms with van der Waals surface area (Å²) in [7, 11) is -1.82. The molecule has 22 heavy (non-hydrogen) atoms. The SMILES string of the molecule is Cn1cnc(S(=O)(=O)N2CCN(c3cccc(F)c3)CC2)c1. The van der Waals surface area contributed by atoms with Gasteiger partial charge in [-0.05, 0) is 18.2 Å². The number of rotatable bonds is 3. The molecule has 0 saturated carbocycles. The fourth-order valence-corrected chi connectivity index (χ4v) is 3.90. The first-order valence-corrected chi connectivity index (χ1v) is 8.39. The average molecular weight is 324 g/mol. The van der Waals surface area contributed by atoms with E-state index in [1.165, 1.54) is 29.0 Å². The van der Waals surface area contributed by atoms with Gasteiger partial charge in [0.05, 0.1) is 6.33 Å². The van der Waals surface area contributed by atoms with E-state index in [-0.39, 0.29) is 10.8 Å². The van der Waals surface area contributed by atoms with Crippen molar-refractivity contribution in [1.29, 1.82) is 0 Å². The number of benzene rings is 1. The van der Waals surface area contributed by atoms with Crippen LogP contribution in [0.3, 0.4) is 0 Å². The average Bonchev–Trinajstić information content (AvgIpc) is 2.95. The summed E-state index contributed by atoms with van der Waals surface area (Å²) < 4.78 is 41.2. The Hall–Kier alpha value is -1.93. The zero-order valence-corrected chi connectivity index (χ0v) is 13.0. The van der Waals surface area contributed by atoms with Gasteiger partial charge in [0.2, 0.25) is 0 Å². The molecule has 6 nitrogen and oxygen atoms in total. The van der Waals surface area contributed by atoms with E-state index in [0.717, 1.165) is 5.69 Å². The van der Waals surface area contributed by atoms with Crippen LogP contribution in [-0.4, -0.2) is 48.5 Å². The van der Waals surface area contributed by atoms with E-state index < -0.39 is 10.0 Å². The third kappa shape index (κ3) is 2.84. The first-order valence-electron chi connectivity index (χ1n) is 6.95. The summed E-state index contributed by atoms with van der Waals surface area (Å²) in [6, 6.07) is 6.34.